The third kappa shape index (κ3) is 2.76. The molecule has 0 amide bonds. The molecule has 3 rings (SSSR count). The molecule has 2 aliphatic heterocycles. The van der Waals surface area contributed by atoms with Crippen molar-refractivity contribution in [3.63, 3.8) is 0 Å². The zero-order chi connectivity index (χ0) is 15.7. The molecule has 1 spiro atoms. The van der Waals surface area contributed by atoms with Crippen LogP contribution in [0.5, 0.6) is 0 Å². The van der Waals surface area contributed by atoms with Crippen molar-refractivity contribution in [2.45, 2.75) is 25.3 Å². The zero-order valence-electron chi connectivity index (χ0n) is 12.2. The molecule has 0 unspecified atom stereocenters. The van der Waals surface area contributed by atoms with E-state index >= 15 is 0 Å². The minimum atomic E-state index is -0.978. The lowest BCUT2D eigenvalue weighted by molar-refractivity contribution is -0.139. The number of carboxylic acids is 2. The summed E-state index contributed by atoms with van der Waals surface area (Å²) in [5.41, 5.74) is 0.252. The first-order valence-corrected chi connectivity index (χ1v) is 7.40. The lowest BCUT2D eigenvalue weighted by Crippen LogP contribution is -2.41. The second-order valence-electron chi connectivity index (χ2n) is 6.17. The first-order valence-electron chi connectivity index (χ1n) is 7.40. The highest BCUT2D eigenvalue weighted by molar-refractivity contribution is 5.87. The quantitative estimate of drug-likeness (QED) is 0.759. The van der Waals surface area contributed by atoms with Crippen molar-refractivity contribution in [2.24, 2.45) is 5.41 Å². The maximum absolute atomic E-state index is 11.1. The van der Waals surface area contributed by atoms with Crippen LogP contribution < -0.4 is 10.2 Å². The molecule has 2 fully saturated rings. The second-order valence-corrected chi connectivity index (χ2v) is 6.17. The van der Waals surface area contributed by atoms with Gasteiger partial charge >= 0.3 is 11.9 Å². The molecule has 3 heterocycles. The number of nitrogens with zero attached hydrogens (tertiary/aromatic N) is 2. The molecular formula is C15H19N3O4. The summed E-state index contributed by atoms with van der Waals surface area (Å²) < 4.78 is 0. The van der Waals surface area contributed by atoms with Gasteiger partial charge in [0.15, 0.2) is 0 Å². The number of carboxylic acid groups (broad SMARTS) is 2. The summed E-state index contributed by atoms with van der Waals surface area (Å²) in [7, 11) is 0. The summed E-state index contributed by atoms with van der Waals surface area (Å²) >= 11 is 0. The van der Waals surface area contributed by atoms with Crippen LogP contribution >= 0.6 is 0 Å². The van der Waals surface area contributed by atoms with Crippen LogP contribution in [0.3, 0.4) is 0 Å². The molecule has 1 atom stereocenters. The summed E-state index contributed by atoms with van der Waals surface area (Å²) in [6, 6.07) is 2.86. The highest BCUT2D eigenvalue weighted by Crippen LogP contribution is 2.40. The third-order valence-corrected chi connectivity index (χ3v) is 4.80. The third-order valence-electron chi connectivity index (χ3n) is 4.80. The lowest BCUT2D eigenvalue weighted by Gasteiger charge is -2.39. The number of pyridine rings is 1. The van der Waals surface area contributed by atoms with Crippen molar-refractivity contribution in [1.29, 1.82) is 0 Å². The number of aromatic nitrogens is 1. The van der Waals surface area contributed by atoms with Crippen LogP contribution in [-0.4, -0.2) is 52.8 Å². The standard InChI is InChI=1S/C15H19N3O4/c19-13(20)10-1-2-12(16-8-10)18-5-3-15(4-6-18)7-11(14(21)22)17-9-15/h1-2,8,11,17H,3-7,9H2,(H,19,20)(H,21,22)/t11-/m1/s1. The van der Waals surface area contributed by atoms with E-state index in [0.29, 0.717) is 6.42 Å². The van der Waals surface area contributed by atoms with E-state index < -0.39 is 18.0 Å². The van der Waals surface area contributed by atoms with Crippen molar-refractivity contribution in [3.8, 4) is 0 Å². The molecule has 0 radical (unpaired) electrons. The van der Waals surface area contributed by atoms with Crippen LogP contribution in [0, 0.1) is 5.41 Å². The summed E-state index contributed by atoms with van der Waals surface area (Å²) in [6.45, 7) is 2.38. The number of aliphatic carboxylic acids is 1. The van der Waals surface area contributed by atoms with Crippen molar-refractivity contribution in [2.75, 3.05) is 24.5 Å². The normalized spacial score (nSPS) is 23.6. The minimum absolute atomic E-state index is 0.0700. The molecule has 0 aliphatic carbocycles. The molecule has 0 bridgehead atoms. The van der Waals surface area contributed by atoms with Gasteiger partial charge in [-0.1, -0.05) is 0 Å². The predicted molar refractivity (Wildman–Crippen MR) is 79.1 cm³/mol. The Morgan fingerprint density at radius 2 is 2.00 bits per heavy atom. The maximum Gasteiger partial charge on any atom is 0.337 e. The number of piperidine rings is 1. The predicted octanol–water partition coefficient (Wildman–Crippen LogP) is 0.813. The second kappa shape index (κ2) is 5.57. The van der Waals surface area contributed by atoms with E-state index in [-0.39, 0.29) is 11.0 Å². The summed E-state index contributed by atoms with van der Waals surface area (Å²) in [5.74, 6) is -0.973. The summed E-state index contributed by atoms with van der Waals surface area (Å²) in [6.07, 6.45) is 3.90. The van der Waals surface area contributed by atoms with Crippen LogP contribution in [0.15, 0.2) is 18.3 Å². The molecule has 22 heavy (non-hydrogen) atoms. The molecule has 7 heteroatoms. The molecule has 7 nitrogen and oxygen atoms in total. The Balaban J connectivity index is 1.62. The van der Waals surface area contributed by atoms with Gasteiger partial charge in [0, 0.05) is 25.8 Å². The SMILES string of the molecule is O=C(O)c1ccc(N2CCC3(CC2)CN[C@@H](C(=O)O)C3)nc1. The fraction of sp³-hybridized carbons (Fsp3) is 0.533. The zero-order valence-corrected chi connectivity index (χ0v) is 12.2. The van der Waals surface area contributed by atoms with Gasteiger partial charge in [-0.3, -0.25) is 4.79 Å². The molecule has 1 aromatic rings. The van der Waals surface area contributed by atoms with Gasteiger partial charge in [-0.05, 0) is 36.8 Å². The van der Waals surface area contributed by atoms with Crippen molar-refractivity contribution in [1.82, 2.24) is 10.3 Å². The van der Waals surface area contributed by atoms with E-state index in [2.05, 4.69) is 15.2 Å². The lowest BCUT2D eigenvalue weighted by atomic mass is 9.76. The Labute approximate surface area is 128 Å². The van der Waals surface area contributed by atoms with Gasteiger partial charge in [-0.25, -0.2) is 9.78 Å². The van der Waals surface area contributed by atoms with Gasteiger partial charge in [-0.15, -0.1) is 0 Å². The van der Waals surface area contributed by atoms with Crippen LogP contribution in [0.4, 0.5) is 5.82 Å². The van der Waals surface area contributed by atoms with E-state index in [1.54, 1.807) is 12.1 Å². The fourth-order valence-corrected chi connectivity index (χ4v) is 3.38. The average molecular weight is 305 g/mol. The van der Waals surface area contributed by atoms with E-state index in [1.807, 2.05) is 0 Å². The smallest absolute Gasteiger partial charge is 0.337 e. The summed E-state index contributed by atoms with van der Waals surface area (Å²) in [4.78, 5) is 28.3. The average Bonchev–Trinajstić information content (AvgIpc) is 2.92. The fourth-order valence-electron chi connectivity index (χ4n) is 3.38. The van der Waals surface area contributed by atoms with Gasteiger partial charge in [0.1, 0.15) is 11.9 Å². The van der Waals surface area contributed by atoms with Gasteiger partial charge < -0.3 is 20.4 Å². The van der Waals surface area contributed by atoms with Gasteiger partial charge in [0.2, 0.25) is 0 Å². The van der Waals surface area contributed by atoms with Crippen LogP contribution in [0.1, 0.15) is 29.6 Å². The molecule has 118 valence electrons. The van der Waals surface area contributed by atoms with Gasteiger partial charge in [0.25, 0.3) is 0 Å². The van der Waals surface area contributed by atoms with Crippen LogP contribution in [0.2, 0.25) is 0 Å². The Morgan fingerprint density at radius 1 is 1.27 bits per heavy atom. The van der Waals surface area contributed by atoms with Crippen molar-refractivity contribution < 1.29 is 19.8 Å². The molecule has 2 aliphatic rings. The number of nitrogens with one attached hydrogen (secondary N) is 1. The number of rotatable bonds is 3. The molecule has 3 N–H and O–H groups in total. The Hall–Kier alpha value is -2.15. The molecule has 2 saturated heterocycles. The largest absolute Gasteiger partial charge is 0.480 e. The Kier molecular flexibility index (Phi) is 3.74. The number of hydrogen-bond acceptors (Lipinski definition) is 5. The van der Waals surface area contributed by atoms with Crippen LogP contribution in [-0.2, 0) is 4.79 Å². The van der Waals surface area contributed by atoms with E-state index in [9.17, 15) is 9.59 Å². The molecule has 0 saturated carbocycles. The van der Waals surface area contributed by atoms with E-state index in [0.717, 1.165) is 38.3 Å². The summed E-state index contributed by atoms with van der Waals surface area (Å²) in [5, 5.41) is 21.1. The minimum Gasteiger partial charge on any atom is -0.480 e. The number of hydrogen-bond donors (Lipinski definition) is 3. The monoisotopic (exact) mass is 305 g/mol. The van der Waals surface area contributed by atoms with E-state index in [1.165, 1.54) is 6.20 Å². The molecule has 1 aromatic heterocycles. The molecule has 0 aromatic carbocycles. The first-order chi connectivity index (χ1) is 10.5. The maximum atomic E-state index is 11.1. The molecular weight excluding hydrogens is 286 g/mol. The number of aromatic carboxylic acids is 1. The highest BCUT2D eigenvalue weighted by Gasteiger charge is 2.43. The topological polar surface area (TPSA) is 103 Å². The van der Waals surface area contributed by atoms with Crippen molar-refractivity contribution in [3.05, 3.63) is 23.9 Å². The number of anilines is 1. The van der Waals surface area contributed by atoms with Crippen LogP contribution in [0.25, 0.3) is 0 Å². The van der Waals surface area contributed by atoms with Gasteiger partial charge in [-0.2, -0.15) is 0 Å². The first kappa shape index (κ1) is 14.8. The Morgan fingerprint density at radius 3 is 2.50 bits per heavy atom. The van der Waals surface area contributed by atoms with Crippen molar-refractivity contribution >= 4 is 17.8 Å². The Bertz CT molecular complexity index is 579. The van der Waals surface area contributed by atoms with E-state index in [4.69, 9.17) is 10.2 Å². The van der Waals surface area contributed by atoms with Gasteiger partial charge in [0.05, 0.1) is 5.56 Å². The number of carbonyl (C=O) groups is 2. The highest BCUT2D eigenvalue weighted by atomic mass is 16.4.